The van der Waals surface area contributed by atoms with Crippen molar-refractivity contribution in [1.29, 1.82) is 0 Å². The zero-order chi connectivity index (χ0) is 12.1. The molecule has 5 nitrogen and oxygen atoms in total. The molecule has 5 heteroatoms. The van der Waals surface area contributed by atoms with Gasteiger partial charge in [0.05, 0.1) is 0 Å². The second-order valence-corrected chi connectivity index (χ2v) is 3.58. The van der Waals surface area contributed by atoms with Crippen LogP contribution in [0.2, 0.25) is 0 Å². The summed E-state index contributed by atoms with van der Waals surface area (Å²) in [5.74, 6) is -1.06. The van der Waals surface area contributed by atoms with E-state index >= 15 is 0 Å². The van der Waals surface area contributed by atoms with Gasteiger partial charge in [-0.05, 0) is 13.0 Å². The van der Waals surface area contributed by atoms with Crippen LogP contribution >= 0.6 is 0 Å². The molecule has 5 N–H and O–H groups in total. The van der Waals surface area contributed by atoms with Crippen LogP contribution in [0, 0.1) is 6.92 Å². The normalized spacial score (nSPS) is 12.4. The SMILES string of the molecule is Cc1ccc(O)c(C(NCCN)C(=O)O)c1. The molecule has 1 rings (SSSR count). The standard InChI is InChI=1S/C11H16N2O3/c1-7-2-3-9(14)8(6-7)10(11(15)16)13-5-4-12/h2-3,6,10,13-14H,4-5,12H2,1H3,(H,15,16). The highest BCUT2D eigenvalue weighted by atomic mass is 16.4. The van der Waals surface area contributed by atoms with Gasteiger partial charge >= 0.3 is 5.97 Å². The maximum Gasteiger partial charge on any atom is 0.325 e. The van der Waals surface area contributed by atoms with Crippen LogP contribution in [-0.2, 0) is 4.79 Å². The van der Waals surface area contributed by atoms with E-state index in [9.17, 15) is 9.90 Å². The van der Waals surface area contributed by atoms with Crippen LogP contribution in [0.25, 0.3) is 0 Å². The number of carboxylic acid groups (broad SMARTS) is 1. The van der Waals surface area contributed by atoms with E-state index in [-0.39, 0.29) is 5.75 Å². The molecule has 16 heavy (non-hydrogen) atoms. The largest absolute Gasteiger partial charge is 0.508 e. The van der Waals surface area contributed by atoms with Gasteiger partial charge in [-0.2, -0.15) is 0 Å². The second kappa shape index (κ2) is 5.48. The Kier molecular flexibility index (Phi) is 4.28. The Morgan fingerprint density at radius 2 is 2.25 bits per heavy atom. The van der Waals surface area contributed by atoms with Gasteiger partial charge in [0.1, 0.15) is 11.8 Å². The summed E-state index contributed by atoms with van der Waals surface area (Å²) < 4.78 is 0. The minimum absolute atomic E-state index is 0.0254. The van der Waals surface area contributed by atoms with Crippen LogP contribution in [0.5, 0.6) is 5.75 Å². The summed E-state index contributed by atoms with van der Waals surface area (Å²) >= 11 is 0. The molecule has 0 aromatic heterocycles. The highest BCUT2D eigenvalue weighted by molar-refractivity contribution is 5.76. The number of carboxylic acids is 1. The summed E-state index contributed by atoms with van der Waals surface area (Å²) in [6.07, 6.45) is 0. The number of phenols is 1. The van der Waals surface area contributed by atoms with E-state index in [1.165, 1.54) is 6.07 Å². The van der Waals surface area contributed by atoms with Gasteiger partial charge in [-0.3, -0.25) is 10.1 Å². The van der Waals surface area contributed by atoms with Crippen LogP contribution in [0.15, 0.2) is 18.2 Å². The summed E-state index contributed by atoms with van der Waals surface area (Å²) in [6, 6.07) is 3.94. The Morgan fingerprint density at radius 3 is 2.81 bits per heavy atom. The molecule has 0 saturated carbocycles. The molecule has 0 aliphatic carbocycles. The average molecular weight is 224 g/mol. The number of nitrogens with two attached hydrogens (primary N) is 1. The molecule has 0 spiro atoms. The number of aliphatic carboxylic acids is 1. The third kappa shape index (κ3) is 2.95. The number of aryl methyl sites for hydroxylation is 1. The molecule has 0 fully saturated rings. The van der Waals surface area contributed by atoms with Crippen molar-refractivity contribution < 1.29 is 15.0 Å². The third-order valence-electron chi connectivity index (χ3n) is 2.23. The molecular formula is C11H16N2O3. The van der Waals surface area contributed by atoms with E-state index in [1.807, 2.05) is 6.92 Å². The predicted octanol–water partition coefficient (Wildman–Crippen LogP) is 0.375. The summed E-state index contributed by atoms with van der Waals surface area (Å²) in [4.78, 5) is 11.1. The molecule has 0 radical (unpaired) electrons. The van der Waals surface area contributed by atoms with Gasteiger partial charge in [-0.15, -0.1) is 0 Å². The number of hydrogen-bond donors (Lipinski definition) is 4. The fourth-order valence-corrected chi connectivity index (χ4v) is 1.46. The molecule has 1 unspecified atom stereocenters. The van der Waals surface area contributed by atoms with Crippen LogP contribution in [0.4, 0.5) is 0 Å². The van der Waals surface area contributed by atoms with Gasteiger partial charge in [0.2, 0.25) is 0 Å². The second-order valence-electron chi connectivity index (χ2n) is 3.58. The number of rotatable bonds is 5. The molecule has 1 aromatic carbocycles. The van der Waals surface area contributed by atoms with E-state index in [1.54, 1.807) is 12.1 Å². The minimum atomic E-state index is -1.03. The molecule has 0 bridgehead atoms. The van der Waals surface area contributed by atoms with Crippen molar-refractivity contribution in [3.05, 3.63) is 29.3 Å². The van der Waals surface area contributed by atoms with E-state index in [2.05, 4.69) is 5.32 Å². The Bertz CT molecular complexity index is 379. The maximum absolute atomic E-state index is 11.1. The Labute approximate surface area is 93.9 Å². The molecule has 88 valence electrons. The lowest BCUT2D eigenvalue weighted by Crippen LogP contribution is -2.32. The van der Waals surface area contributed by atoms with Crippen LogP contribution in [-0.4, -0.2) is 29.3 Å². The van der Waals surface area contributed by atoms with Crippen LogP contribution < -0.4 is 11.1 Å². The van der Waals surface area contributed by atoms with Gasteiger partial charge in [-0.25, -0.2) is 0 Å². The number of carbonyl (C=O) groups is 1. The zero-order valence-electron chi connectivity index (χ0n) is 9.10. The number of hydrogen-bond acceptors (Lipinski definition) is 4. The van der Waals surface area contributed by atoms with Gasteiger partial charge in [-0.1, -0.05) is 17.7 Å². The van der Waals surface area contributed by atoms with Gasteiger partial charge < -0.3 is 15.9 Å². The van der Waals surface area contributed by atoms with Crippen molar-refractivity contribution in [3.63, 3.8) is 0 Å². The third-order valence-corrected chi connectivity index (χ3v) is 2.23. The van der Waals surface area contributed by atoms with Crippen molar-refractivity contribution in [2.24, 2.45) is 5.73 Å². The molecule has 0 amide bonds. The Hall–Kier alpha value is -1.59. The lowest BCUT2D eigenvalue weighted by atomic mass is 10.0. The number of phenolic OH excluding ortho intramolecular Hbond substituents is 1. The highest BCUT2D eigenvalue weighted by Crippen LogP contribution is 2.25. The molecule has 1 atom stereocenters. The van der Waals surface area contributed by atoms with E-state index in [0.717, 1.165) is 5.56 Å². The summed E-state index contributed by atoms with van der Waals surface area (Å²) in [6.45, 7) is 2.56. The lowest BCUT2D eigenvalue weighted by Gasteiger charge is -2.16. The van der Waals surface area contributed by atoms with Crippen molar-refractivity contribution in [2.75, 3.05) is 13.1 Å². The molecule has 0 heterocycles. The molecule has 0 aliphatic heterocycles. The van der Waals surface area contributed by atoms with Crippen molar-refractivity contribution in [3.8, 4) is 5.75 Å². The van der Waals surface area contributed by atoms with Crippen LogP contribution in [0.3, 0.4) is 0 Å². The monoisotopic (exact) mass is 224 g/mol. The topological polar surface area (TPSA) is 95.6 Å². The smallest absolute Gasteiger partial charge is 0.325 e. The van der Waals surface area contributed by atoms with Crippen LogP contribution in [0.1, 0.15) is 17.2 Å². The van der Waals surface area contributed by atoms with Gasteiger partial charge in [0, 0.05) is 18.7 Å². The number of benzene rings is 1. The molecule has 0 aliphatic rings. The average Bonchev–Trinajstić information content (AvgIpc) is 2.23. The summed E-state index contributed by atoms with van der Waals surface area (Å²) in [5.41, 5.74) is 6.56. The Morgan fingerprint density at radius 1 is 1.56 bits per heavy atom. The first-order valence-corrected chi connectivity index (χ1v) is 5.02. The first kappa shape index (κ1) is 12.5. The van der Waals surface area contributed by atoms with Gasteiger partial charge in [0.15, 0.2) is 0 Å². The summed E-state index contributed by atoms with van der Waals surface area (Å²) in [7, 11) is 0. The zero-order valence-corrected chi connectivity index (χ0v) is 9.10. The van der Waals surface area contributed by atoms with Crippen molar-refractivity contribution in [1.82, 2.24) is 5.32 Å². The molecule has 1 aromatic rings. The number of aromatic hydroxyl groups is 1. The first-order chi connectivity index (χ1) is 7.56. The molecule has 0 saturated heterocycles. The van der Waals surface area contributed by atoms with E-state index < -0.39 is 12.0 Å². The summed E-state index contributed by atoms with van der Waals surface area (Å²) in [5, 5.41) is 21.4. The van der Waals surface area contributed by atoms with Crippen molar-refractivity contribution >= 4 is 5.97 Å². The maximum atomic E-state index is 11.1. The predicted molar refractivity (Wildman–Crippen MR) is 60.3 cm³/mol. The quantitative estimate of drug-likeness (QED) is 0.579. The lowest BCUT2D eigenvalue weighted by molar-refractivity contribution is -0.139. The van der Waals surface area contributed by atoms with E-state index in [0.29, 0.717) is 18.7 Å². The Balaban J connectivity index is 3.00. The van der Waals surface area contributed by atoms with E-state index in [4.69, 9.17) is 10.8 Å². The van der Waals surface area contributed by atoms with Crippen molar-refractivity contribution in [2.45, 2.75) is 13.0 Å². The fourth-order valence-electron chi connectivity index (χ4n) is 1.46. The first-order valence-electron chi connectivity index (χ1n) is 5.02. The number of nitrogens with one attached hydrogen (secondary N) is 1. The fraction of sp³-hybridized carbons (Fsp3) is 0.364. The molecular weight excluding hydrogens is 208 g/mol. The minimum Gasteiger partial charge on any atom is -0.508 e. The van der Waals surface area contributed by atoms with Gasteiger partial charge in [0.25, 0.3) is 0 Å². The highest BCUT2D eigenvalue weighted by Gasteiger charge is 2.21.